The minimum absolute atomic E-state index is 0.0617. The van der Waals surface area contributed by atoms with E-state index in [0.717, 1.165) is 0 Å². The summed E-state index contributed by atoms with van der Waals surface area (Å²) >= 11 is 11.8. The Bertz CT molecular complexity index is 988. The predicted molar refractivity (Wildman–Crippen MR) is 107 cm³/mol. The van der Waals surface area contributed by atoms with Crippen molar-refractivity contribution in [2.75, 3.05) is 13.2 Å². The lowest BCUT2D eigenvalue weighted by molar-refractivity contribution is -0.130. The molecule has 0 atom stereocenters. The fourth-order valence-electron chi connectivity index (χ4n) is 3.23. The van der Waals surface area contributed by atoms with Gasteiger partial charge in [0.15, 0.2) is 9.84 Å². The molecular formula is C19H19Cl2NO6S. The van der Waals surface area contributed by atoms with Gasteiger partial charge in [-0.3, -0.25) is 10.0 Å². The molecule has 3 rings (SSSR count). The second kappa shape index (κ2) is 8.89. The summed E-state index contributed by atoms with van der Waals surface area (Å²) in [4.78, 5) is 11.8. The largest absolute Gasteiger partial charge is 0.457 e. The van der Waals surface area contributed by atoms with Crippen molar-refractivity contribution in [2.45, 2.75) is 28.9 Å². The summed E-state index contributed by atoms with van der Waals surface area (Å²) in [6.45, 7) is 0.437. The van der Waals surface area contributed by atoms with E-state index in [0.29, 0.717) is 21.5 Å². The van der Waals surface area contributed by atoms with Gasteiger partial charge in [0.2, 0.25) is 5.91 Å². The summed E-state index contributed by atoms with van der Waals surface area (Å²) in [7, 11) is -3.88. The van der Waals surface area contributed by atoms with Crippen LogP contribution >= 0.6 is 23.2 Å². The number of carbonyl (C=O) groups excluding carboxylic acids is 1. The molecule has 2 aromatic carbocycles. The van der Waals surface area contributed by atoms with Gasteiger partial charge in [-0.2, -0.15) is 0 Å². The van der Waals surface area contributed by atoms with Crippen LogP contribution < -0.4 is 10.2 Å². The minimum Gasteiger partial charge on any atom is -0.457 e. The van der Waals surface area contributed by atoms with E-state index >= 15 is 0 Å². The first kappa shape index (κ1) is 21.9. The molecule has 10 heteroatoms. The Morgan fingerprint density at radius 3 is 2.28 bits per heavy atom. The summed E-state index contributed by atoms with van der Waals surface area (Å²) in [5.41, 5.74) is 1.52. The first-order chi connectivity index (χ1) is 13.8. The molecule has 0 spiro atoms. The smallest absolute Gasteiger partial charge is 0.244 e. The van der Waals surface area contributed by atoms with Crippen molar-refractivity contribution in [3.8, 4) is 11.5 Å². The number of carbonyl (C=O) groups is 1. The summed E-state index contributed by atoms with van der Waals surface area (Å²) in [5, 5.41) is 9.61. The monoisotopic (exact) mass is 459 g/mol. The average molecular weight is 460 g/mol. The van der Waals surface area contributed by atoms with Crippen LogP contribution in [0.1, 0.15) is 19.3 Å². The van der Waals surface area contributed by atoms with E-state index in [2.05, 4.69) is 0 Å². The number of halogens is 2. The van der Waals surface area contributed by atoms with Crippen LogP contribution in [0.5, 0.6) is 11.5 Å². The Labute approximate surface area is 178 Å². The second-order valence-corrected chi connectivity index (χ2v) is 9.82. The molecule has 1 fully saturated rings. The van der Waals surface area contributed by atoms with Crippen molar-refractivity contribution in [3.63, 3.8) is 0 Å². The molecule has 1 amide bonds. The zero-order valence-corrected chi connectivity index (χ0v) is 17.6. The summed E-state index contributed by atoms with van der Waals surface area (Å²) < 4.78 is 36.3. The van der Waals surface area contributed by atoms with Gasteiger partial charge in [0.1, 0.15) is 11.5 Å². The number of hydrogen-bond donors (Lipinski definition) is 2. The first-order valence-corrected chi connectivity index (χ1v) is 11.0. The van der Waals surface area contributed by atoms with E-state index in [1.807, 2.05) is 0 Å². The number of benzene rings is 2. The maximum atomic E-state index is 13.3. The number of amides is 1. The fraction of sp³-hybridized carbons (Fsp3) is 0.316. The second-order valence-electron chi connectivity index (χ2n) is 6.66. The van der Waals surface area contributed by atoms with Crippen LogP contribution in [-0.4, -0.2) is 37.5 Å². The molecule has 0 radical (unpaired) electrons. The Balaban J connectivity index is 1.86. The van der Waals surface area contributed by atoms with Gasteiger partial charge in [0.25, 0.3) is 0 Å². The van der Waals surface area contributed by atoms with Crippen molar-refractivity contribution in [1.29, 1.82) is 0 Å². The first-order valence-electron chi connectivity index (χ1n) is 8.76. The van der Waals surface area contributed by atoms with E-state index in [-0.39, 0.29) is 37.4 Å². The van der Waals surface area contributed by atoms with Crippen molar-refractivity contribution >= 4 is 38.9 Å². The molecule has 0 saturated carbocycles. The SMILES string of the molecule is O=C(CC1(S(=O)(=O)c2ccc(Oc3ccc(Cl)c(Cl)c3)cc2)CCOCC1)NO. The highest BCUT2D eigenvalue weighted by atomic mass is 35.5. The zero-order chi connectivity index (χ0) is 21.1. The van der Waals surface area contributed by atoms with Crippen molar-refractivity contribution in [1.82, 2.24) is 5.48 Å². The highest BCUT2D eigenvalue weighted by molar-refractivity contribution is 7.92. The Morgan fingerprint density at radius 2 is 1.69 bits per heavy atom. The Kier molecular flexibility index (Phi) is 6.70. The van der Waals surface area contributed by atoms with Crippen LogP contribution in [0.15, 0.2) is 47.4 Å². The topological polar surface area (TPSA) is 102 Å². The maximum Gasteiger partial charge on any atom is 0.244 e. The number of hydrogen-bond acceptors (Lipinski definition) is 6. The molecular weight excluding hydrogens is 441 g/mol. The van der Waals surface area contributed by atoms with E-state index in [1.165, 1.54) is 29.7 Å². The zero-order valence-electron chi connectivity index (χ0n) is 15.2. The van der Waals surface area contributed by atoms with Crippen LogP contribution in [0.4, 0.5) is 0 Å². The van der Waals surface area contributed by atoms with Crippen molar-refractivity contribution in [3.05, 3.63) is 52.5 Å². The van der Waals surface area contributed by atoms with E-state index < -0.39 is 20.5 Å². The van der Waals surface area contributed by atoms with Crippen LogP contribution in [0.25, 0.3) is 0 Å². The molecule has 0 aliphatic carbocycles. The van der Waals surface area contributed by atoms with Gasteiger partial charge in [0.05, 0.1) is 19.7 Å². The quantitative estimate of drug-likeness (QED) is 0.499. The Morgan fingerprint density at radius 1 is 1.07 bits per heavy atom. The molecule has 29 heavy (non-hydrogen) atoms. The van der Waals surface area contributed by atoms with Crippen LogP contribution in [-0.2, 0) is 19.4 Å². The summed E-state index contributed by atoms with van der Waals surface area (Å²) in [6.07, 6.45) is -0.0364. The fourth-order valence-corrected chi connectivity index (χ4v) is 5.54. The highest BCUT2D eigenvalue weighted by Gasteiger charge is 2.47. The maximum absolute atomic E-state index is 13.3. The van der Waals surface area contributed by atoms with E-state index in [9.17, 15) is 13.2 Å². The third kappa shape index (κ3) is 4.67. The number of hydroxylamine groups is 1. The lowest BCUT2D eigenvalue weighted by Crippen LogP contribution is -2.47. The van der Waals surface area contributed by atoms with Crippen LogP contribution in [0.3, 0.4) is 0 Å². The number of sulfone groups is 1. The van der Waals surface area contributed by atoms with Crippen molar-refractivity contribution in [2.24, 2.45) is 0 Å². The van der Waals surface area contributed by atoms with Gasteiger partial charge in [0, 0.05) is 25.7 Å². The highest BCUT2D eigenvalue weighted by Crippen LogP contribution is 2.38. The van der Waals surface area contributed by atoms with Gasteiger partial charge in [-0.1, -0.05) is 23.2 Å². The molecule has 1 heterocycles. The molecule has 0 aromatic heterocycles. The van der Waals surface area contributed by atoms with E-state index in [4.69, 9.17) is 37.9 Å². The average Bonchev–Trinajstić information content (AvgIpc) is 2.71. The molecule has 2 aromatic rings. The van der Waals surface area contributed by atoms with Gasteiger partial charge in [-0.15, -0.1) is 0 Å². The van der Waals surface area contributed by atoms with Crippen molar-refractivity contribution < 1.29 is 27.9 Å². The summed E-state index contributed by atoms with van der Waals surface area (Å²) in [6, 6.07) is 10.7. The molecule has 7 nitrogen and oxygen atoms in total. The third-order valence-electron chi connectivity index (χ3n) is 4.84. The predicted octanol–water partition coefficient (Wildman–Crippen LogP) is 4.00. The standard InChI is InChI=1S/C19H19Cl2NO6S/c20-16-6-3-14(11-17(16)21)28-13-1-4-15(5-2-13)29(25,26)19(12-18(23)22-24)7-9-27-10-8-19/h1-6,11,24H,7-10,12H2,(H,22,23). The molecule has 0 bridgehead atoms. The van der Waals surface area contributed by atoms with E-state index in [1.54, 1.807) is 18.2 Å². The molecule has 0 unspecified atom stereocenters. The molecule has 1 saturated heterocycles. The molecule has 156 valence electrons. The number of nitrogens with one attached hydrogen (secondary N) is 1. The summed E-state index contributed by atoms with van der Waals surface area (Å²) in [5.74, 6) is 0.113. The molecule has 2 N–H and O–H groups in total. The van der Waals surface area contributed by atoms with Gasteiger partial charge >= 0.3 is 0 Å². The van der Waals surface area contributed by atoms with Gasteiger partial charge in [-0.25, -0.2) is 13.9 Å². The normalized spacial score (nSPS) is 16.2. The lowest BCUT2D eigenvalue weighted by Gasteiger charge is -2.35. The Hall–Kier alpha value is -1.84. The van der Waals surface area contributed by atoms with Crippen LogP contribution in [0.2, 0.25) is 10.0 Å². The lowest BCUT2D eigenvalue weighted by atomic mass is 9.95. The third-order valence-corrected chi connectivity index (χ3v) is 8.17. The minimum atomic E-state index is -3.88. The van der Waals surface area contributed by atoms with Gasteiger partial charge in [-0.05, 0) is 49.2 Å². The number of ether oxygens (including phenoxy) is 2. The molecule has 1 aliphatic heterocycles. The molecule has 1 aliphatic rings. The van der Waals surface area contributed by atoms with Gasteiger partial charge < -0.3 is 9.47 Å². The van der Waals surface area contributed by atoms with Crippen LogP contribution in [0, 0.1) is 0 Å². The number of rotatable bonds is 6.